The minimum atomic E-state index is -0.953. The topological polar surface area (TPSA) is 44.7 Å². The molecule has 2 aromatic rings. The van der Waals surface area contributed by atoms with E-state index in [-0.39, 0.29) is 5.78 Å². The summed E-state index contributed by atoms with van der Waals surface area (Å²) in [6.45, 7) is 0. The van der Waals surface area contributed by atoms with Crippen molar-refractivity contribution in [3.05, 3.63) is 88.4 Å². The first-order valence-electron chi connectivity index (χ1n) is 7.67. The van der Waals surface area contributed by atoms with Crippen molar-refractivity contribution in [3.8, 4) is 0 Å². The highest BCUT2D eigenvalue weighted by atomic mass is 35.5. The number of benzene rings is 2. The summed E-state index contributed by atoms with van der Waals surface area (Å²) < 4.78 is 0. The van der Waals surface area contributed by atoms with Gasteiger partial charge in [0.15, 0.2) is 17.3 Å². The number of amidine groups is 1. The predicted octanol–water partition coefficient (Wildman–Crippen LogP) is 4.07. The van der Waals surface area contributed by atoms with E-state index in [1.54, 1.807) is 12.1 Å². The summed E-state index contributed by atoms with van der Waals surface area (Å²) in [5.74, 6) is 0.532. The van der Waals surface area contributed by atoms with E-state index >= 15 is 0 Å². The summed E-state index contributed by atoms with van der Waals surface area (Å²) in [5, 5.41) is 5.45. The molecule has 0 saturated heterocycles. The van der Waals surface area contributed by atoms with Crippen LogP contribution in [0.15, 0.2) is 83.0 Å². The van der Waals surface area contributed by atoms with E-state index in [0.29, 0.717) is 15.9 Å². The van der Waals surface area contributed by atoms with Gasteiger partial charge in [0.25, 0.3) is 0 Å². The number of nitrogens with one attached hydrogen (secondary N) is 1. The van der Waals surface area contributed by atoms with E-state index in [0.717, 1.165) is 11.3 Å². The van der Waals surface area contributed by atoms with Gasteiger partial charge in [-0.1, -0.05) is 59.6 Å². The Bertz CT molecular complexity index is 937. The van der Waals surface area contributed by atoms with Crippen molar-refractivity contribution >= 4 is 40.5 Å². The summed E-state index contributed by atoms with van der Waals surface area (Å²) in [4.78, 5) is 13.7. The molecule has 0 amide bonds. The monoisotopic (exact) mass is 369 g/mol. The van der Waals surface area contributed by atoms with E-state index in [9.17, 15) is 4.79 Å². The quantitative estimate of drug-likeness (QED) is 0.867. The van der Waals surface area contributed by atoms with E-state index in [1.165, 1.54) is 12.2 Å². The van der Waals surface area contributed by atoms with Gasteiger partial charge >= 0.3 is 0 Å². The van der Waals surface area contributed by atoms with Gasteiger partial charge in [-0.05, 0) is 30.4 Å². The Morgan fingerprint density at radius 3 is 2.56 bits per heavy atom. The number of ketones is 1. The van der Waals surface area contributed by atoms with Crippen LogP contribution in [0.3, 0.4) is 0 Å². The standard InChI is InChI=1S/C19H13Cl2N3O/c20-14-7-4-8-15(11-14)24-18(13-5-2-1-3-6-13)22-23-19(24)10-9-16(25)12-17(19)21/h1-12,23H. The predicted molar refractivity (Wildman–Crippen MR) is 101 cm³/mol. The van der Waals surface area contributed by atoms with Gasteiger partial charge in [0.2, 0.25) is 0 Å². The lowest BCUT2D eigenvalue weighted by Gasteiger charge is -2.38. The lowest BCUT2D eigenvalue weighted by molar-refractivity contribution is -0.110. The second kappa shape index (κ2) is 6.06. The van der Waals surface area contributed by atoms with Gasteiger partial charge in [0.1, 0.15) is 0 Å². The molecule has 4 rings (SSSR count). The minimum absolute atomic E-state index is 0.156. The molecule has 2 aromatic carbocycles. The van der Waals surface area contributed by atoms with Crippen molar-refractivity contribution in [2.45, 2.75) is 5.66 Å². The Labute approximate surface area is 155 Å². The van der Waals surface area contributed by atoms with Crippen molar-refractivity contribution in [1.82, 2.24) is 5.43 Å². The molecule has 1 unspecified atom stereocenters. The summed E-state index contributed by atoms with van der Waals surface area (Å²) in [6, 6.07) is 17.2. The zero-order chi connectivity index (χ0) is 17.4. The molecular weight excluding hydrogens is 357 g/mol. The molecule has 1 heterocycles. The molecule has 25 heavy (non-hydrogen) atoms. The van der Waals surface area contributed by atoms with Crippen molar-refractivity contribution in [2.24, 2.45) is 5.10 Å². The number of halogens is 2. The summed E-state index contributed by atoms with van der Waals surface area (Å²) in [7, 11) is 0. The van der Waals surface area contributed by atoms with Crippen molar-refractivity contribution in [1.29, 1.82) is 0 Å². The van der Waals surface area contributed by atoms with E-state index < -0.39 is 5.66 Å². The molecular formula is C19H13Cl2N3O. The molecule has 2 aliphatic rings. The smallest absolute Gasteiger partial charge is 0.188 e. The Morgan fingerprint density at radius 2 is 1.84 bits per heavy atom. The van der Waals surface area contributed by atoms with Crippen LogP contribution in [-0.2, 0) is 4.79 Å². The van der Waals surface area contributed by atoms with Crippen LogP contribution in [-0.4, -0.2) is 17.3 Å². The highest BCUT2D eigenvalue weighted by Crippen LogP contribution is 2.39. The number of hydrazone groups is 1. The Hall–Kier alpha value is -2.56. The Kier molecular flexibility index (Phi) is 3.86. The van der Waals surface area contributed by atoms with Crippen LogP contribution in [0.5, 0.6) is 0 Å². The molecule has 1 N–H and O–H groups in total. The summed E-state index contributed by atoms with van der Waals surface area (Å²) >= 11 is 12.7. The maximum Gasteiger partial charge on any atom is 0.188 e. The summed E-state index contributed by atoms with van der Waals surface area (Å²) in [6.07, 6.45) is 4.60. The van der Waals surface area contributed by atoms with Crippen molar-refractivity contribution < 1.29 is 4.79 Å². The van der Waals surface area contributed by atoms with Gasteiger partial charge in [-0.2, -0.15) is 5.10 Å². The number of allylic oxidation sites excluding steroid dienone is 2. The molecule has 124 valence electrons. The number of carbonyl (C=O) groups is 1. The van der Waals surface area contributed by atoms with Crippen LogP contribution in [0.2, 0.25) is 5.02 Å². The average molecular weight is 370 g/mol. The van der Waals surface area contributed by atoms with Gasteiger partial charge in [0.05, 0.1) is 5.03 Å². The summed E-state index contributed by atoms with van der Waals surface area (Å²) in [5.41, 5.74) is 3.87. The van der Waals surface area contributed by atoms with Gasteiger partial charge < -0.3 is 0 Å². The lowest BCUT2D eigenvalue weighted by atomic mass is 9.99. The van der Waals surface area contributed by atoms with Crippen LogP contribution in [0.25, 0.3) is 0 Å². The Morgan fingerprint density at radius 1 is 1.04 bits per heavy atom. The zero-order valence-electron chi connectivity index (χ0n) is 13.0. The third-order valence-electron chi connectivity index (χ3n) is 4.12. The lowest BCUT2D eigenvalue weighted by Crippen LogP contribution is -2.54. The number of carbonyl (C=O) groups excluding carboxylic acids is 1. The Balaban J connectivity index is 1.89. The molecule has 0 saturated carbocycles. The number of nitrogens with zero attached hydrogens (tertiary/aromatic N) is 2. The first-order valence-corrected chi connectivity index (χ1v) is 8.43. The van der Waals surface area contributed by atoms with Gasteiger partial charge in [-0.15, -0.1) is 0 Å². The second-order valence-electron chi connectivity index (χ2n) is 5.72. The van der Waals surface area contributed by atoms with E-state index in [4.69, 9.17) is 23.2 Å². The highest BCUT2D eigenvalue weighted by Gasteiger charge is 2.46. The third kappa shape index (κ3) is 2.64. The maximum absolute atomic E-state index is 11.7. The molecule has 1 spiro atoms. The fourth-order valence-electron chi connectivity index (χ4n) is 2.96. The number of rotatable bonds is 2. The molecule has 1 aliphatic carbocycles. The van der Waals surface area contributed by atoms with Gasteiger partial charge in [-0.25, -0.2) is 0 Å². The maximum atomic E-state index is 11.7. The van der Waals surface area contributed by atoms with Crippen LogP contribution in [0.1, 0.15) is 5.56 Å². The molecule has 1 aliphatic heterocycles. The van der Waals surface area contributed by atoms with Crippen LogP contribution in [0.4, 0.5) is 5.69 Å². The van der Waals surface area contributed by atoms with Gasteiger partial charge in [0, 0.05) is 22.3 Å². The molecule has 0 radical (unpaired) electrons. The van der Waals surface area contributed by atoms with Crippen LogP contribution < -0.4 is 10.3 Å². The van der Waals surface area contributed by atoms with Crippen molar-refractivity contribution in [2.75, 3.05) is 4.90 Å². The molecule has 6 heteroatoms. The fourth-order valence-corrected chi connectivity index (χ4v) is 3.45. The molecule has 0 fully saturated rings. The number of hydrogen-bond acceptors (Lipinski definition) is 4. The number of hydrogen-bond donors (Lipinski definition) is 1. The first-order chi connectivity index (χ1) is 12.1. The SMILES string of the molecule is O=C1C=CC2(NN=C(c3ccccc3)N2c2cccc(Cl)c2)C(Cl)=C1. The first kappa shape index (κ1) is 15.9. The largest absolute Gasteiger partial charge is 0.291 e. The zero-order valence-corrected chi connectivity index (χ0v) is 14.5. The van der Waals surface area contributed by atoms with E-state index in [2.05, 4.69) is 10.5 Å². The molecule has 0 aromatic heterocycles. The van der Waals surface area contributed by atoms with Crippen LogP contribution in [0, 0.1) is 0 Å². The minimum Gasteiger partial charge on any atom is -0.291 e. The average Bonchev–Trinajstić information content (AvgIpc) is 3.00. The van der Waals surface area contributed by atoms with Crippen molar-refractivity contribution in [3.63, 3.8) is 0 Å². The third-order valence-corrected chi connectivity index (χ3v) is 4.75. The molecule has 1 atom stereocenters. The molecule has 0 bridgehead atoms. The van der Waals surface area contributed by atoms with E-state index in [1.807, 2.05) is 53.4 Å². The van der Waals surface area contributed by atoms with Crippen LogP contribution >= 0.6 is 23.2 Å². The normalized spacial score (nSPS) is 22.0. The number of anilines is 1. The molecule has 4 nitrogen and oxygen atoms in total. The fraction of sp³-hybridized carbons (Fsp3) is 0.0526. The second-order valence-corrected chi connectivity index (χ2v) is 6.57. The van der Waals surface area contributed by atoms with Gasteiger partial charge in [-0.3, -0.25) is 15.1 Å². The highest BCUT2D eigenvalue weighted by molar-refractivity contribution is 6.35.